The van der Waals surface area contributed by atoms with E-state index in [-0.39, 0.29) is 5.91 Å². The van der Waals surface area contributed by atoms with Crippen molar-refractivity contribution in [1.29, 1.82) is 0 Å². The Morgan fingerprint density at radius 3 is 2.92 bits per heavy atom. The number of piperidine rings is 1. The van der Waals surface area contributed by atoms with E-state index in [1.807, 2.05) is 23.2 Å². The fourth-order valence-electron chi connectivity index (χ4n) is 3.45. The molecule has 1 saturated heterocycles. The molecule has 6 heteroatoms. The summed E-state index contributed by atoms with van der Waals surface area (Å²) in [6.07, 6.45) is 8.80. The van der Waals surface area contributed by atoms with E-state index < -0.39 is 0 Å². The van der Waals surface area contributed by atoms with Gasteiger partial charge in [-0.2, -0.15) is 0 Å². The van der Waals surface area contributed by atoms with Crippen LogP contribution in [0.4, 0.5) is 0 Å². The molecule has 0 aromatic carbocycles. The first-order valence-corrected chi connectivity index (χ1v) is 9.01. The van der Waals surface area contributed by atoms with Gasteiger partial charge in [-0.1, -0.05) is 6.07 Å². The number of likely N-dealkylation sites (tertiary alicyclic amines) is 1. The Morgan fingerprint density at radius 2 is 2.16 bits per heavy atom. The minimum absolute atomic E-state index is 0.0241. The molecule has 1 aliphatic heterocycles. The number of imidazole rings is 1. The molecule has 2 aromatic heterocycles. The summed E-state index contributed by atoms with van der Waals surface area (Å²) >= 11 is 0. The third-order valence-electron chi connectivity index (χ3n) is 4.71. The number of pyridine rings is 1. The largest absolute Gasteiger partial charge is 0.337 e. The maximum atomic E-state index is 12.7. The maximum absolute atomic E-state index is 12.7. The van der Waals surface area contributed by atoms with Gasteiger partial charge in [-0.15, -0.1) is 0 Å². The van der Waals surface area contributed by atoms with E-state index in [0.717, 1.165) is 51.3 Å². The van der Waals surface area contributed by atoms with Crippen LogP contribution in [0.1, 0.15) is 41.5 Å². The minimum Gasteiger partial charge on any atom is -0.337 e. The summed E-state index contributed by atoms with van der Waals surface area (Å²) in [5.74, 6) is 1.43. The van der Waals surface area contributed by atoms with Crippen LogP contribution in [0.25, 0.3) is 0 Å². The number of rotatable bonds is 6. The molecule has 0 saturated carbocycles. The van der Waals surface area contributed by atoms with Gasteiger partial charge in [-0.05, 0) is 52.0 Å². The Bertz CT molecular complexity index is 682. The van der Waals surface area contributed by atoms with E-state index in [4.69, 9.17) is 0 Å². The van der Waals surface area contributed by atoms with Crippen molar-refractivity contribution in [3.63, 3.8) is 0 Å². The van der Waals surface area contributed by atoms with Crippen molar-refractivity contribution < 1.29 is 4.79 Å². The lowest BCUT2D eigenvalue weighted by atomic mass is 9.96. The van der Waals surface area contributed by atoms with Crippen LogP contribution in [-0.4, -0.2) is 64.0 Å². The highest BCUT2D eigenvalue weighted by molar-refractivity contribution is 5.92. The third kappa shape index (κ3) is 4.45. The van der Waals surface area contributed by atoms with Gasteiger partial charge in [-0.3, -0.25) is 9.78 Å². The molecule has 2 aromatic rings. The molecule has 1 amide bonds. The van der Waals surface area contributed by atoms with Gasteiger partial charge in [-0.25, -0.2) is 4.98 Å². The number of amides is 1. The number of aromatic nitrogens is 3. The van der Waals surface area contributed by atoms with E-state index in [0.29, 0.717) is 11.6 Å². The second kappa shape index (κ2) is 8.25. The molecule has 1 aliphatic rings. The lowest BCUT2D eigenvalue weighted by Gasteiger charge is -2.32. The number of hydrogen-bond donors (Lipinski definition) is 0. The highest BCUT2D eigenvalue weighted by Gasteiger charge is 2.28. The molecule has 3 heterocycles. The lowest BCUT2D eigenvalue weighted by Crippen LogP contribution is -2.40. The second-order valence-corrected chi connectivity index (χ2v) is 6.94. The van der Waals surface area contributed by atoms with Gasteiger partial charge in [0.15, 0.2) is 0 Å². The molecule has 0 radical (unpaired) electrons. The molecule has 0 unspecified atom stereocenters. The molecular weight excluding hydrogens is 314 g/mol. The first kappa shape index (κ1) is 17.6. The average Bonchev–Trinajstić information content (AvgIpc) is 3.10. The Morgan fingerprint density at radius 1 is 1.28 bits per heavy atom. The molecule has 0 spiro atoms. The van der Waals surface area contributed by atoms with E-state index in [9.17, 15) is 4.79 Å². The van der Waals surface area contributed by atoms with Crippen LogP contribution in [0.2, 0.25) is 0 Å². The van der Waals surface area contributed by atoms with E-state index in [1.165, 1.54) is 0 Å². The zero-order chi connectivity index (χ0) is 17.6. The Hall–Kier alpha value is -2.21. The van der Waals surface area contributed by atoms with Gasteiger partial charge in [0, 0.05) is 44.1 Å². The molecule has 0 aliphatic carbocycles. The van der Waals surface area contributed by atoms with Crippen LogP contribution >= 0.6 is 0 Å². The molecule has 1 fully saturated rings. The molecular formula is C19H27N5O. The zero-order valence-corrected chi connectivity index (χ0v) is 15.1. The zero-order valence-electron chi connectivity index (χ0n) is 15.1. The van der Waals surface area contributed by atoms with Crippen molar-refractivity contribution in [3.05, 3.63) is 48.3 Å². The van der Waals surface area contributed by atoms with Crippen molar-refractivity contribution in [2.75, 3.05) is 33.7 Å². The van der Waals surface area contributed by atoms with E-state index >= 15 is 0 Å². The third-order valence-corrected chi connectivity index (χ3v) is 4.71. The molecule has 0 bridgehead atoms. The van der Waals surface area contributed by atoms with Crippen LogP contribution in [0, 0.1) is 0 Å². The average molecular weight is 341 g/mol. The predicted octanol–water partition coefficient (Wildman–Crippen LogP) is 2.25. The number of nitrogens with zero attached hydrogens (tertiary/aromatic N) is 5. The maximum Gasteiger partial charge on any atom is 0.272 e. The molecule has 25 heavy (non-hydrogen) atoms. The van der Waals surface area contributed by atoms with Gasteiger partial charge < -0.3 is 14.4 Å². The monoisotopic (exact) mass is 341 g/mol. The Labute approximate surface area is 149 Å². The normalized spacial score (nSPS) is 17.9. The summed E-state index contributed by atoms with van der Waals surface area (Å²) < 4.78 is 2.25. The molecule has 3 rings (SSSR count). The summed E-state index contributed by atoms with van der Waals surface area (Å²) in [7, 11) is 4.19. The summed E-state index contributed by atoms with van der Waals surface area (Å²) in [5.41, 5.74) is 0.525. The van der Waals surface area contributed by atoms with Gasteiger partial charge in [0.05, 0.1) is 0 Å². The van der Waals surface area contributed by atoms with Crippen LogP contribution < -0.4 is 0 Å². The van der Waals surface area contributed by atoms with Gasteiger partial charge in [0.1, 0.15) is 11.5 Å². The topological polar surface area (TPSA) is 54.3 Å². The Balaban J connectivity index is 1.66. The van der Waals surface area contributed by atoms with Crippen molar-refractivity contribution in [2.45, 2.75) is 31.7 Å². The quantitative estimate of drug-likeness (QED) is 0.809. The smallest absolute Gasteiger partial charge is 0.272 e. The summed E-state index contributed by atoms with van der Waals surface area (Å²) in [5, 5.41) is 0. The number of carbonyl (C=O) groups excluding carboxylic acids is 1. The number of aryl methyl sites for hydroxylation is 1. The van der Waals surface area contributed by atoms with Crippen LogP contribution in [0.15, 0.2) is 36.8 Å². The lowest BCUT2D eigenvalue weighted by molar-refractivity contribution is 0.0697. The first-order valence-electron chi connectivity index (χ1n) is 9.01. The molecule has 6 nitrogen and oxygen atoms in total. The fraction of sp³-hybridized carbons (Fsp3) is 0.526. The summed E-state index contributed by atoms with van der Waals surface area (Å²) in [6.45, 7) is 3.55. The first-order chi connectivity index (χ1) is 12.1. The van der Waals surface area contributed by atoms with Gasteiger partial charge in [0.25, 0.3) is 5.91 Å². The van der Waals surface area contributed by atoms with Crippen molar-refractivity contribution in [2.24, 2.45) is 0 Å². The number of carbonyl (C=O) groups is 1. The van der Waals surface area contributed by atoms with Gasteiger partial charge >= 0.3 is 0 Å². The van der Waals surface area contributed by atoms with E-state index in [1.54, 1.807) is 12.3 Å². The SMILES string of the molecule is CN(C)CCCn1ccnc1[C@@H]1CCCN(C(=O)c2ccccn2)C1. The Kier molecular flexibility index (Phi) is 5.81. The van der Waals surface area contributed by atoms with Crippen molar-refractivity contribution in [3.8, 4) is 0 Å². The van der Waals surface area contributed by atoms with Gasteiger partial charge in [0.2, 0.25) is 0 Å². The molecule has 1 atom stereocenters. The predicted molar refractivity (Wildman–Crippen MR) is 97.5 cm³/mol. The highest BCUT2D eigenvalue weighted by atomic mass is 16.2. The highest BCUT2D eigenvalue weighted by Crippen LogP contribution is 2.26. The minimum atomic E-state index is 0.0241. The second-order valence-electron chi connectivity index (χ2n) is 6.94. The van der Waals surface area contributed by atoms with E-state index in [2.05, 4.69) is 39.7 Å². The number of hydrogen-bond acceptors (Lipinski definition) is 4. The fourth-order valence-corrected chi connectivity index (χ4v) is 3.45. The standard InChI is InChI=1S/C19H27N5O/c1-22(2)11-6-13-23-14-10-21-18(23)16-7-5-12-24(15-16)19(25)17-8-3-4-9-20-17/h3-4,8-10,14,16H,5-7,11-13,15H2,1-2H3/t16-/m1/s1. The van der Waals surface area contributed by atoms with Crippen LogP contribution in [0.3, 0.4) is 0 Å². The van der Waals surface area contributed by atoms with Crippen molar-refractivity contribution in [1.82, 2.24) is 24.3 Å². The summed E-state index contributed by atoms with van der Waals surface area (Å²) in [6, 6.07) is 5.48. The molecule has 0 N–H and O–H groups in total. The van der Waals surface area contributed by atoms with Crippen LogP contribution in [-0.2, 0) is 6.54 Å². The van der Waals surface area contributed by atoms with Crippen molar-refractivity contribution >= 4 is 5.91 Å². The summed E-state index contributed by atoms with van der Waals surface area (Å²) in [4.78, 5) is 25.6. The van der Waals surface area contributed by atoms with Crippen LogP contribution in [0.5, 0.6) is 0 Å². The molecule has 134 valence electrons.